The first kappa shape index (κ1) is 21.3. The van der Waals surface area contributed by atoms with Gasteiger partial charge in [-0.1, -0.05) is 12.1 Å². The number of methoxy groups -OCH3 is 1. The van der Waals surface area contributed by atoms with E-state index in [0.29, 0.717) is 5.56 Å². The lowest BCUT2D eigenvalue weighted by Crippen LogP contribution is -2.42. The summed E-state index contributed by atoms with van der Waals surface area (Å²) >= 11 is 0. The van der Waals surface area contributed by atoms with Gasteiger partial charge in [0.25, 0.3) is 0 Å². The van der Waals surface area contributed by atoms with Crippen molar-refractivity contribution < 1.29 is 24.2 Å². The van der Waals surface area contributed by atoms with Crippen molar-refractivity contribution in [2.24, 2.45) is 5.41 Å². The van der Waals surface area contributed by atoms with Gasteiger partial charge in [-0.15, -0.1) is 0 Å². The highest BCUT2D eigenvalue weighted by Crippen LogP contribution is 2.43. The standard InChI is InChI=1S/C23H32N2O5/c1-29-21(27)18-4-2-3-17(13-18)15-25-11-7-23(8-12-25)14-20(30-22(23)28)16-24-9-5-19(26)6-10-24/h2-4,13,19-20,26H,5-12,14-16H2,1H3. The molecule has 0 saturated carbocycles. The topological polar surface area (TPSA) is 79.3 Å². The lowest BCUT2D eigenvalue weighted by atomic mass is 9.76. The maximum Gasteiger partial charge on any atom is 0.337 e. The fourth-order valence-electron chi connectivity index (χ4n) is 5.05. The Hall–Kier alpha value is -1.96. The van der Waals surface area contributed by atoms with Gasteiger partial charge in [0.2, 0.25) is 0 Å². The monoisotopic (exact) mass is 416 g/mol. The number of carbonyl (C=O) groups excluding carboxylic acids is 2. The Bertz CT molecular complexity index is 767. The lowest BCUT2D eigenvalue weighted by Gasteiger charge is -2.36. The Labute approximate surface area is 177 Å². The predicted octanol–water partition coefficient (Wildman–Crippen LogP) is 1.83. The summed E-state index contributed by atoms with van der Waals surface area (Å²) in [6.45, 7) is 4.99. The van der Waals surface area contributed by atoms with E-state index in [2.05, 4.69) is 9.80 Å². The van der Waals surface area contributed by atoms with Crippen LogP contribution in [0.4, 0.5) is 0 Å². The molecule has 1 unspecified atom stereocenters. The number of hydrogen-bond donors (Lipinski definition) is 1. The highest BCUT2D eigenvalue weighted by molar-refractivity contribution is 5.89. The number of rotatable bonds is 5. The zero-order valence-corrected chi connectivity index (χ0v) is 17.7. The molecule has 0 aliphatic carbocycles. The van der Waals surface area contributed by atoms with E-state index >= 15 is 0 Å². The number of carbonyl (C=O) groups is 2. The van der Waals surface area contributed by atoms with Crippen molar-refractivity contribution >= 4 is 11.9 Å². The maximum absolute atomic E-state index is 12.7. The van der Waals surface area contributed by atoms with Crippen LogP contribution in [0.2, 0.25) is 0 Å². The zero-order chi connectivity index (χ0) is 21.1. The molecule has 0 bridgehead atoms. The zero-order valence-electron chi connectivity index (χ0n) is 17.7. The van der Waals surface area contributed by atoms with Crippen molar-refractivity contribution in [1.29, 1.82) is 0 Å². The molecule has 4 rings (SSSR count). The number of aliphatic hydroxyl groups is 1. The van der Waals surface area contributed by atoms with E-state index in [1.54, 1.807) is 6.07 Å². The van der Waals surface area contributed by atoms with Crippen LogP contribution in [-0.4, -0.2) is 78.9 Å². The van der Waals surface area contributed by atoms with Crippen LogP contribution in [-0.2, 0) is 20.8 Å². The molecule has 3 aliphatic rings. The molecule has 1 atom stereocenters. The molecular formula is C23H32N2O5. The first-order valence-electron chi connectivity index (χ1n) is 11.0. The molecule has 7 nitrogen and oxygen atoms in total. The SMILES string of the molecule is COC(=O)c1cccc(CN2CCC3(CC2)CC(CN2CCC(O)CC2)OC3=O)c1. The van der Waals surface area contributed by atoms with E-state index in [1.165, 1.54) is 7.11 Å². The second-order valence-corrected chi connectivity index (χ2v) is 9.01. The third kappa shape index (κ3) is 4.68. The molecule has 1 spiro atoms. The molecule has 1 aromatic rings. The van der Waals surface area contributed by atoms with Crippen LogP contribution in [0.15, 0.2) is 24.3 Å². The molecule has 3 saturated heterocycles. The van der Waals surface area contributed by atoms with Gasteiger partial charge in [-0.25, -0.2) is 4.79 Å². The van der Waals surface area contributed by atoms with Gasteiger partial charge < -0.3 is 14.6 Å². The van der Waals surface area contributed by atoms with Gasteiger partial charge >= 0.3 is 11.9 Å². The molecule has 0 amide bonds. The van der Waals surface area contributed by atoms with Crippen LogP contribution in [0.5, 0.6) is 0 Å². The maximum atomic E-state index is 12.7. The van der Waals surface area contributed by atoms with Gasteiger partial charge in [-0.05, 0) is 56.5 Å². The van der Waals surface area contributed by atoms with Gasteiger partial charge in [-0.2, -0.15) is 0 Å². The van der Waals surface area contributed by atoms with E-state index < -0.39 is 0 Å². The van der Waals surface area contributed by atoms with Crippen molar-refractivity contribution in [2.75, 3.05) is 39.8 Å². The van der Waals surface area contributed by atoms with E-state index in [0.717, 1.165) is 76.9 Å². The molecule has 7 heteroatoms. The third-order valence-electron chi connectivity index (χ3n) is 6.91. The van der Waals surface area contributed by atoms with Crippen LogP contribution in [0.3, 0.4) is 0 Å². The molecule has 3 fully saturated rings. The minimum Gasteiger partial charge on any atom is -0.465 e. The van der Waals surface area contributed by atoms with E-state index in [-0.39, 0.29) is 29.6 Å². The molecule has 3 aliphatic heterocycles. The third-order valence-corrected chi connectivity index (χ3v) is 6.91. The van der Waals surface area contributed by atoms with Gasteiger partial charge in [-0.3, -0.25) is 14.6 Å². The molecule has 30 heavy (non-hydrogen) atoms. The Morgan fingerprint density at radius 3 is 2.63 bits per heavy atom. The van der Waals surface area contributed by atoms with Crippen LogP contribution >= 0.6 is 0 Å². The molecule has 1 N–H and O–H groups in total. The highest BCUT2D eigenvalue weighted by atomic mass is 16.6. The normalized spacial score (nSPS) is 25.4. The summed E-state index contributed by atoms with van der Waals surface area (Å²) in [6, 6.07) is 7.54. The number of likely N-dealkylation sites (tertiary alicyclic amines) is 2. The number of cyclic esters (lactones) is 1. The fraction of sp³-hybridized carbons (Fsp3) is 0.652. The minimum absolute atomic E-state index is 0.0307. The summed E-state index contributed by atoms with van der Waals surface area (Å²) in [5, 5.41) is 9.67. The molecule has 1 aromatic carbocycles. The molecule has 0 radical (unpaired) electrons. The fourth-order valence-corrected chi connectivity index (χ4v) is 5.05. The van der Waals surface area contributed by atoms with Gasteiger partial charge in [0.1, 0.15) is 6.10 Å². The molecule has 0 aromatic heterocycles. The highest BCUT2D eigenvalue weighted by Gasteiger charge is 2.50. The second-order valence-electron chi connectivity index (χ2n) is 9.01. The van der Waals surface area contributed by atoms with Crippen molar-refractivity contribution in [3.05, 3.63) is 35.4 Å². The number of ether oxygens (including phenoxy) is 2. The molecule has 164 valence electrons. The number of piperidine rings is 2. The Balaban J connectivity index is 1.29. The second kappa shape index (κ2) is 9.04. The van der Waals surface area contributed by atoms with E-state index in [4.69, 9.17) is 9.47 Å². The Morgan fingerprint density at radius 1 is 1.20 bits per heavy atom. The number of nitrogens with zero attached hydrogens (tertiary/aromatic N) is 2. The minimum atomic E-state index is -0.343. The number of hydrogen-bond acceptors (Lipinski definition) is 7. The Morgan fingerprint density at radius 2 is 1.93 bits per heavy atom. The van der Waals surface area contributed by atoms with Gasteiger partial charge in [0, 0.05) is 32.6 Å². The largest absolute Gasteiger partial charge is 0.465 e. The number of esters is 2. The summed E-state index contributed by atoms with van der Waals surface area (Å²) < 4.78 is 10.6. The van der Waals surface area contributed by atoms with E-state index in [9.17, 15) is 14.7 Å². The lowest BCUT2D eigenvalue weighted by molar-refractivity contribution is -0.151. The van der Waals surface area contributed by atoms with E-state index in [1.807, 2.05) is 18.2 Å². The summed E-state index contributed by atoms with van der Waals surface area (Å²) in [7, 11) is 1.39. The first-order valence-corrected chi connectivity index (χ1v) is 11.0. The van der Waals surface area contributed by atoms with Crippen molar-refractivity contribution in [3.63, 3.8) is 0 Å². The van der Waals surface area contributed by atoms with Gasteiger partial charge in [0.15, 0.2) is 0 Å². The summed E-state index contributed by atoms with van der Waals surface area (Å²) in [5.41, 5.74) is 1.30. The average Bonchev–Trinajstić information content (AvgIpc) is 3.05. The van der Waals surface area contributed by atoms with Crippen LogP contribution in [0.1, 0.15) is 48.0 Å². The summed E-state index contributed by atoms with van der Waals surface area (Å²) in [5.74, 6) is -0.353. The van der Waals surface area contributed by atoms with Crippen molar-refractivity contribution in [3.8, 4) is 0 Å². The number of aliphatic hydroxyl groups excluding tert-OH is 1. The smallest absolute Gasteiger partial charge is 0.337 e. The predicted molar refractivity (Wildman–Crippen MR) is 111 cm³/mol. The van der Waals surface area contributed by atoms with Crippen LogP contribution in [0.25, 0.3) is 0 Å². The quantitative estimate of drug-likeness (QED) is 0.734. The van der Waals surface area contributed by atoms with Crippen molar-refractivity contribution in [2.45, 2.75) is 50.9 Å². The Kier molecular flexibility index (Phi) is 6.41. The summed E-state index contributed by atoms with van der Waals surface area (Å²) in [4.78, 5) is 29.1. The first-order chi connectivity index (χ1) is 14.5. The van der Waals surface area contributed by atoms with Crippen LogP contribution in [0, 0.1) is 5.41 Å². The van der Waals surface area contributed by atoms with Crippen molar-refractivity contribution in [1.82, 2.24) is 9.80 Å². The molecular weight excluding hydrogens is 384 g/mol. The molecule has 3 heterocycles. The summed E-state index contributed by atoms with van der Waals surface area (Å²) in [6.07, 6.45) is 3.83. The van der Waals surface area contributed by atoms with Crippen LogP contribution < -0.4 is 0 Å². The average molecular weight is 417 g/mol. The number of benzene rings is 1. The van der Waals surface area contributed by atoms with Gasteiger partial charge in [0.05, 0.1) is 24.2 Å².